The molecule has 0 saturated heterocycles. The van der Waals surface area contributed by atoms with E-state index in [9.17, 15) is 8.78 Å². The summed E-state index contributed by atoms with van der Waals surface area (Å²) in [6.07, 6.45) is 2.91. The van der Waals surface area contributed by atoms with Crippen molar-refractivity contribution >= 4 is 0 Å². The van der Waals surface area contributed by atoms with E-state index in [4.69, 9.17) is 9.26 Å². The molecule has 6 nitrogen and oxygen atoms in total. The average molecular weight is 383 g/mol. The van der Waals surface area contributed by atoms with Crippen molar-refractivity contribution in [2.24, 2.45) is 0 Å². The van der Waals surface area contributed by atoms with Crippen LogP contribution in [0.4, 0.5) is 8.78 Å². The Kier molecular flexibility index (Phi) is 7.97. The zero-order valence-electron chi connectivity index (χ0n) is 16.2. The fourth-order valence-corrected chi connectivity index (χ4v) is 2.60. The quantitative estimate of drug-likeness (QED) is 0.565. The van der Waals surface area contributed by atoms with E-state index in [2.05, 4.69) is 21.8 Å². The SMILES string of the molecule is CCCCc1noc(C(C)N(C)Cc2ccc(OC(F)F)c(OCC)c2)n1. The molecule has 1 heterocycles. The van der Waals surface area contributed by atoms with Gasteiger partial charge in [0.1, 0.15) is 0 Å². The number of alkyl halides is 2. The number of nitrogens with zero attached hydrogens (tertiary/aromatic N) is 3. The first kappa shape index (κ1) is 21.1. The Morgan fingerprint density at radius 1 is 1.22 bits per heavy atom. The van der Waals surface area contributed by atoms with E-state index in [1.165, 1.54) is 6.07 Å². The van der Waals surface area contributed by atoms with Gasteiger partial charge in [-0.15, -0.1) is 0 Å². The van der Waals surface area contributed by atoms with Crippen LogP contribution in [0.3, 0.4) is 0 Å². The molecule has 0 spiro atoms. The topological polar surface area (TPSA) is 60.6 Å². The molecule has 0 N–H and O–H groups in total. The van der Waals surface area contributed by atoms with Crippen molar-refractivity contribution < 1.29 is 22.8 Å². The van der Waals surface area contributed by atoms with E-state index in [1.54, 1.807) is 19.1 Å². The number of halogens is 2. The Balaban J connectivity index is 2.06. The molecular formula is C19H27F2N3O3. The van der Waals surface area contributed by atoms with Gasteiger partial charge in [0.2, 0.25) is 5.89 Å². The van der Waals surface area contributed by atoms with E-state index < -0.39 is 6.61 Å². The van der Waals surface area contributed by atoms with Gasteiger partial charge in [-0.05, 0) is 45.0 Å². The highest BCUT2D eigenvalue weighted by atomic mass is 19.3. The van der Waals surface area contributed by atoms with Gasteiger partial charge in [-0.25, -0.2) is 0 Å². The fraction of sp³-hybridized carbons (Fsp3) is 0.579. The van der Waals surface area contributed by atoms with Gasteiger partial charge in [0.25, 0.3) is 0 Å². The van der Waals surface area contributed by atoms with Crippen molar-refractivity contribution in [1.82, 2.24) is 15.0 Å². The Labute approximate surface area is 158 Å². The van der Waals surface area contributed by atoms with Crippen LogP contribution in [0.15, 0.2) is 22.7 Å². The van der Waals surface area contributed by atoms with Gasteiger partial charge in [0, 0.05) is 13.0 Å². The fourth-order valence-electron chi connectivity index (χ4n) is 2.60. The molecule has 2 rings (SSSR count). The number of benzene rings is 1. The first-order valence-corrected chi connectivity index (χ1v) is 9.17. The number of rotatable bonds is 11. The lowest BCUT2D eigenvalue weighted by Crippen LogP contribution is -2.22. The van der Waals surface area contributed by atoms with Crippen molar-refractivity contribution in [2.75, 3.05) is 13.7 Å². The second-order valence-corrected chi connectivity index (χ2v) is 6.34. The van der Waals surface area contributed by atoms with Crippen molar-refractivity contribution in [3.8, 4) is 11.5 Å². The largest absolute Gasteiger partial charge is 0.490 e. The summed E-state index contributed by atoms with van der Waals surface area (Å²) < 4.78 is 40.3. The Morgan fingerprint density at radius 3 is 2.67 bits per heavy atom. The summed E-state index contributed by atoms with van der Waals surface area (Å²) in [7, 11) is 1.94. The summed E-state index contributed by atoms with van der Waals surface area (Å²) in [6.45, 7) is 3.91. The minimum atomic E-state index is -2.89. The van der Waals surface area contributed by atoms with Crippen LogP contribution in [-0.2, 0) is 13.0 Å². The minimum Gasteiger partial charge on any atom is -0.490 e. The van der Waals surface area contributed by atoms with Crippen LogP contribution in [0.25, 0.3) is 0 Å². The Bertz CT molecular complexity index is 709. The molecule has 0 aliphatic carbocycles. The molecule has 150 valence electrons. The van der Waals surface area contributed by atoms with Gasteiger partial charge in [0.05, 0.1) is 12.6 Å². The molecule has 0 aliphatic rings. The molecule has 2 aromatic rings. The Hall–Kier alpha value is -2.22. The summed E-state index contributed by atoms with van der Waals surface area (Å²) in [4.78, 5) is 6.49. The molecule has 0 bridgehead atoms. The van der Waals surface area contributed by atoms with Gasteiger partial charge in [0.15, 0.2) is 17.3 Å². The van der Waals surface area contributed by atoms with Gasteiger partial charge in [-0.1, -0.05) is 24.6 Å². The van der Waals surface area contributed by atoms with Crippen LogP contribution in [0.5, 0.6) is 11.5 Å². The third-order valence-corrected chi connectivity index (χ3v) is 4.21. The summed E-state index contributed by atoms with van der Waals surface area (Å²) in [5.74, 6) is 1.62. The van der Waals surface area contributed by atoms with E-state index >= 15 is 0 Å². The molecule has 0 aliphatic heterocycles. The molecule has 0 amide bonds. The van der Waals surface area contributed by atoms with E-state index in [-0.39, 0.29) is 11.8 Å². The van der Waals surface area contributed by atoms with Crippen molar-refractivity contribution in [1.29, 1.82) is 0 Å². The number of aromatic nitrogens is 2. The lowest BCUT2D eigenvalue weighted by Gasteiger charge is -2.22. The van der Waals surface area contributed by atoms with Gasteiger partial charge >= 0.3 is 6.61 Å². The van der Waals surface area contributed by atoms with E-state index in [0.29, 0.717) is 24.8 Å². The van der Waals surface area contributed by atoms with Crippen molar-refractivity contribution in [3.63, 3.8) is 0 Å². The Morgan fingerprint density at radius 2 is 2.00 bits per heavy atom. The number of hydrogen-bond acceptors (Lipinski definition) is 6. The lowest BCUT2D eigenvalue weighted by atomic mass is 10.1. The van der Waals surface area contributed by atoms with Crippen LogP contribution in [0.2, 0.25) is 0 Å². The molecule has 0 fully saturated rings. The maximum absolute atomic E-state index is 12.5. The molecular weight excluding hydrogens is 356 g/mol. The normalized spacial score (nSPS) is 12.6. The highest BCUT2D eigenvalue weighted by Crippen LogP contribution is 2.31. The predicted molar refractivity (Wildman–Crippen MR) is 97.0 cm³/mol. The van der Waals surface area contributed by atoms with Crippen LogP contribution in [0.1, 0.15) is 56.9 Å². The number of aryl methyl sites for hydroxylation is 1. The summed E-state index contributed by atoms with van der Waals surface area (Å²) in [5, 5.41) is 4.02. The highest BCUT2D eigenvalue weighted by molar-refractivity contribution is 5.43. The van der Waals surface area contributed by atoms with Crippen LogP contribution >= 0.6 is 0 Å². The van der Waals surface area contributed by atoms with Crippen LogP contribution in [0, 0.1) is 0 Å². The summed E-state index contributed by atoms with van der Waals surface area (Å²) >= 11 is 0. The first-order chi connectivity index (χ1) is 12.9. The molecule has 0 saturated carbocycles. The molecule has 1 atom stereocenters. The number of ether oxygens (including phenoxy) is 2. The standard InChI is InChI=1S/C19H27F2N3O3/c1-5-7-8-17-22-18(27-23-17)13(3)24(4)12-14-9-10-15(26-19(20)21)16(11-14)25-6-2/h9-11,13,19H,5-8,12H2,1-4H3. The number of unbranched alkanes of at least 4 members (excludes halogenated alkanes) is 1. The second-order valence-electron chi connectivity index (χ2n) is 6.34. The van der Waals surface area contributed by atoms with Crippen molar-refractivity contribution in [2.45, 2.75) is 59.2 Å². The summed E-state index contributed by atoms with van der Waals surface area (Å²) in [6, 6.07) is 4.87. The van der Waals surface area contributed by atoms with Crippen LogP contribution < -0.4 is 9.47 Å². The number of hydrogen-bond donors (Lipinski definition) is 0. The van der Waals surface area contributed by atoms with E-state index in [1.807, 2.05) is 18.9 Å². The third-order valence-electron chi connectivity index (χ3n) is 4.21. The average Bonchev–Trinajstić information content (AvgIpc) is 3.10. The van der Waals surface area contributed by atoms with Gasteiger partial charge < -0.3 is 14.0 Å². The van der Waals surface area contributed by atoms with Crippen LogP contribution in [-0.4, -0.2) is 35.3 Å². The molecule has 0 radical (unpaired) electrons. The second kappa shape index (κ2) is 10.2. The first-order valence-electron chi connectivity index (χ1n) is 9.17. The van der Waals surface area contributed by atoms with Gasteiger partial charge in [-0.2, -0.15) is 13.8 Å². The zero-order valence-corrected chi connectivity index (χ0v) is 16.2. The summed E-state index contributed by atoms with van der Waals surface area (Å²) in [5.41, 5.74) is 0.903. The highest BCUT2D eigenvalue weighted by Gasteiger charge is 2.20. The van der Waals surface area contributed by atoms with Gasteiger partial charge in [-0.3, -0.25) is 4.90 Å². The monoisotopic (exact) mass is 383 g/mol. The molecule has 1 aromatic carbocycles. The molecule has 27 heavy (non-hydrogen) atoms. The maximum atomic E-state index is 12.5. The predicted octanol–water partition coefficient (Wildman–Crippen LogP) is 4.61. The molecule has 1 aromatic heterocycles. The molecule has 8 heteroatoms. The smallest absolute Gasteiger partial charge is 0.387 e. The minimum absolute atomic E-state index is 0.0313. The lowest BCUT2D eigenvalue weighted by molar-refractivity contribution is -0.0514. The van der Waals surface area contributed by atoms with Crippen molar-refractivity contribution in [3.05, 3.63) is 35.5 Å². The maximum Gasteiger partial charge on any atom is 0.387 e. The zero-order chi connectivity index (χ0) is 19.8. The van der Waals surface area contributed by atoms with E-state index in [0.717, 1.165) is 30.7 Å². The molecule has 1 unspecified atom stereocenters. The third kappa shape index (κ3) is 6.16.